The predicted molar refractivity (Wildman–Crippen MR) is 123 cm³/mol. The monoisotopic (exact) mass is 448 g/mol. The highest BCUT2D eigenvalue weighted by molar-refractivity contribution is 5.96. The van der Waals surface area contributed by atoms with E-state index in [-0.39, 0.29) is 24.3 Å². The summed E-state index contributed by atoms with van der Waals surface area (Å²) in [6, 6.07) is 3.99. The number of likely N-dealkylation sites (tertiary alicyclic amines) is 1. The van der Waals surface area contributed by atoms with Crippen molar-refractivity contribution in [2.45, 2.75) is 52.0 Å². The summed E-state index contributed by atoms with van der Waals surface area (Å²) in [7, 11) is 0. The molecule has 3 aliphatic heterocycles. The highest BCUT2D eigenvalue weighted by Gasteiger charge is 2.44. The SMILES string of the molecule is Cc1coc2cc3oc(=O)c(CC(=O)N4C[C@H]5C[C@@H](C4)C4CCCC(=O)N4C5)c(C)c3cc12. The van der Waals surface area contributed by atoms with Gasteiger partial charge in [-0.2, -0.15) is 0 Å². The lowest BCUT2D eigenvalue weighted by atomic mass is 9.76. The third-order valence-electron chi connectivity index (χ3n) is 8.04. The Morgan fingerprint density at radius 1 is 1.09 bits per heavy atom. The van der Waals surface area contributed by atoms with Crippen molar-refractivity contribution in [2.24, 2.45) is 11.8 Å². The van der Waals surface area contributed by atoms with Crippen molar-refractivity contribution < 1.29 is 18.4 Å². The van der Waals surface area contributed by atoms with E-state index in [4.69, 9.17) is 8.83 Å². The highest BCUT2D eigenvalue weighted by Crippen LogP contribution is 2.38. The van der Waals surface area contributed by atoms with Crippen molar-refractivity contribution >= 4 is 33.8 Å². The third-order valence-corrected chi connectivity index (χ3v) is 8.04. The van der Waals surface area contributed by atoms with Crippen molar-refractivity contribution in [3.8, 4) is 0 Å². The van der Waals surface area contributed by atoms with Gasteiger partial charge in [0, 0.05) is 48.9 Å². The molecule has 2 bridgehead atoms. The van der Waals surface area contributed by atoms with Crippen LogP contribution in [0.1, 0.15) is 42.4 Å². The summed E-state index contributed by atoms with van der Waals surface area (Å²) < 4.78 is 11.1. The minimum absolute atomic E-state index is 0.0318. The lowest BCUT2D eigenvalue weighted by Gasteiger charge is -2.52. The van der Waals surface area contributed by atoms with Gasteiger partial charge in [0.05, 0.1) is 18.2 Å². The van der Waals surface area contributed by atoms with E-state index in [1.54, 1.807) is 12.3 Å². The molecule has 0 radical (unpaired) electrons. The number of furan rings is 1. The smallest absolute Gasteiger partial charge is 0.340 e. The van der Waals surface area contributed by atoms with Crippen LogP contribution in [0.2, 0.25) is 0 Å². The summed E-state index contributed by atoms with van der Waals surface area (Å²) >= 11 is 0. The fraction of sp³-hybridized carbons (Fsp3) is 0.500. The van der Waals surface area contributed by atoms with Crippen molar-refractivity contribution in [3.63, 3.8) is 0 Å². The average Bonchev–Trinajstić information content (AvgIpc) is 3.15. The predicted octanol–water partition coefficient (Wildman–Crippen LogP) is 3.56. The van der Waals surface area contributed by atoms with Crippen molar-refractivity contribution in [1.29, 1.82) is 0 Å². The third kappa shape index (κ3) is 3.28. The molecule has 0 aliphatic carbocycles. The fourth-order valence-electron chi connectivity index (χ4n) is 6.32. The van der Waals surface area contributed by atoms with Crippen LogP contribution in [0, 0.1) is 25.7 Å². The first-order valence-electron chi connectivity index (χ1n) is 11.9. The molecule has 172 valence electrons. The number of aryl methyl sites for hydroxylation is 2. The molecule has 7 nitrogen and oxygen atoms in total. The number of fused-ring (bicyclic) bond motifs is 6. The Morgan fingerprint density at radius 3 is 2.79 bits per heavy atom. The first kappa shape index (κ1) is 20.5. The first-order valence-corrected chi connectivity index (χ1v) is 11.9. The second kappa shape index (κ2) is 7.47. The molecule has 0 saturated carbocycles. The summed E-state index contributed by atoms with van der Waals surface area (Å²) in [4.78, 5) is 42.5. The molecule has 3 fully saturated rings. The minimum atomic E-state index is -0.461. The molecular formula is C26H28N2O5. The Bertz CT molecular complexity index is 1350. The Balaban J connectivity index is 1.28. The van der Waals surface area contributed by atoms with Gasteiger partial charge in [0.25, 0.3) is 0 Å². The molecule has 0 spiro atoms. The molecule has 2 amide bonds. The van der Waals surface area contributed by atoms with Gasteiger partial charge in [-0.1, -0.05) is 0 Å². The van der Waals surface area contributed by atoms with E-state index >= 15 is 0 Å². The van der Waals surface area contributed by atoms with Crippen LogP contribution < -0.4 is 5.63 Å². The number of hydrogen-bond acceptors (Lipinski definition) is 5. The number of hydrogen-bond donors (Lipinski definition) is 0. The van der Waals surface area contributed by atoms with Gasteiger partial charge < -0.3 is 18.6 Å². The summed E-state index contributed by atoms with van der Waals surface area (Å²) in [6.07, 6.45) is 5.43. The van der Waals surface area contributed by atoms with Crippen LogP contribution in [0.4, 0.5) is 0 Å². The molecule has 3 atom stereocenters. The molecule has 6 rings (SSSR count). The van der Waals surface area contributed by atoms with Crippen LogP contribution in [0.3, 0.4) is 0 Å². The lowest BCUT2D eigenvalue weighted by molar-refractivity contribution is -0.148. The normalized spacial score (nSPS) is 25.0. The Morgan fingerprint density at radius 2 is 1.94 bits per heavy atom. The van der Waals surface area contributed by atoms with Crippen LogP contribution in [-0.2, 0) is 16.0 Å². The Kier molecular flexibility index (Phi) is 4.64. The van der Waals surface area contributed by atoms with Crippen LogP contribution in [0.15, 0.2) is 32.0 Å². The number of carbonyl (C=O) groups is 2. The molecular weight excluding hydrogens is 420 g/mol. The Labute approximate surface area is 191 Å². The van der Waals surface area contributed by atoms with E-state index in [9.17, 15) is 14.4 Å². The van der Waals surface area contributed by atoms with Crippen LogP contribution >= 0.6 is 0 Å². The maximum atomic E-state index is 13.3. The molecule has 33 heavy (non-hydrogen) atoms. The molecule has 3 saturated heterocycles. The topological polar surface area (TPSA) is 84.0 Å². The molecule has 7 heteroatoms. The molecule has 3 aliphatic rings. The summed E-state index contributed by atoms with van der Waals surface area (Å²) in [5.74, 6) is 0.886. The van der Waals surface area contributed by atoms with Crippen LogP contribution in [0.5, 0.6) is 0 Å². The first-order chi connectivity index (χ1) is 15.9. The largest absolute Gasteiger partial charge is 0.464 e. The van der Waals surface area contributed by atoms with Gasteiger partial charge in [-0.25, -0.2) is 4.79 Å². The van der Waals surface area contributed by atoms with Gasteiger partial charge in [0.2, 0.25) is 11.8 Å². The van der Waals surface area contributed by atoms with E-state index in [1.165, 1.54) is 0 Å². The van der Waals surface area contributed by atoms with E-state index in [0.717, 1.165) is 47.7 Å². The number of piperidine rings is 3. The van der Waals surface area contributed by atoms with Gasteiger partial charge in [-0.3, -0.25) is 9.59 Å². The van der Waals surface area contributed by atoms with E-state index in [2.05, 4.69) is 4.90 Å². The minimum Gasteiger partial charge on any atom is -0.464 e. The maximum Gasteiger partial charge on any atom is 0.340 e. The number of nitrogens with zero attached hydrogens (tertiary/aromatic N) is 2. The van der Waals surface area contributed by atoms with E-state index in [0.29, 0.717) is 48.1 Å². The van der Waals surface area contributed by atoms with Gasteiger partial charge in [0.15, 0.2) is 0 Å². The van der Waals surface area contributed by atoms with Crippen LogP contribution in [-0.4, -0.2) is 47.3 Å². The molecule has 0 N–H and O–H groups in total. The summed E-state index contributed by atoms with van der Waals surface area (Å²) in [6.45, 7) is 5.93. The van der Waals surface area contributed by atoms with Gasteiger partial charge in [0.1, 0.15) is 11.2 Å². The molecule has 1 aromatic carbocycles. The number of rotatable bonds is 2. The number of amides is 2. The second-order valence-electron chi connectivity index (χ2n) is 10.1. The summed E-state index contributed by atoms with van der Waals surface area (Å²) in [5.41, 5.74) is 2.94. The zero-order chi connectivity index (χ0) is 22.9. The average molecular weight is 449 g/mol. The van der Waals surface area contributed by atoms with E-state index < -0.39 is 5.63 Å². The van der Waals surface area contributed by atoms with Crippen LogP contribution in [0.25, 0.3) is 21.9 Å². The number of carbonyl (C=O) groups excluding carboxylic acids is 2. The van der Waals surface area contributed by atoms with Gasteiger partial charge in [-0.05, 0) is 62.1 Å². The van der Waals surface area contributed by atoms with Gasteiger partial charge in [-0.15, -0.1) is 0 Å². The second-order valence-corrected chi connectivity index (χ2v) is 10.1. The summed E-state index contributed by atoms with van der Waals surface area (Å²) in [5, 5.41) is 1.81. The standard InChI is InChI=1S/C26H28N2O5/c1-14-13-32-22-9-23-19(7-18(14)22)15(2)20(26(31)33-23)8-25(30)27-10-16-6-17(12-27)21-4-3-5-24(29)28(21)11-16/h7,9,13,16-17,21H,3-6,8,10-12H2,1-2H3/t16-,17+,21?/m1/s1. The molecule has 5 heterocycles. The zero-order valence-corrected chi connectivity index (χ0v) is 19.1. The number of benzene rings is 1. The quantitative estimate of drug-likeness (QED) is 0.560. The van der Waals surface area contributed by atoms with Crippen molar-refractivity contribution in [3.05, 3.63) is 45.5 Å². The van der Waals surface area contributed by atoms with Gasteiger partial charge >= 0.3 is 5.63 Å². The fourth-order valence-corrected chi connectivity index (χ4v) is 6.32. The zero-order valence-electron chi connectivity index (χ0n) is 19.1. The molecule has 3 aromatic rings. The lowest BCUT2D eigenvalue weighted by Crippen LogP contribution is -2.61. The Hall–Kier alpha value is -3.09. The van der Waals surface area contributed by atoms with Crippen molar-refractivity contribution in [2.75, 3.05) is 19.6 Å². The molecule has 1 unspecified atom stereocenters. The highest BCUT2D eigenvalue weighted by atomic mass is 16.4. The van der Waals surface area contributed by atoms with E-state index in [1.807, 2.05) is 24.8 Å². The maximum absolute atomic E-state index is 13.3. The van der Waals surface area contributed by atoms with Crippen molar-refractivity contribution in [1.82, 2.24) is 9.80 Å². The molecule has 2 aromatic heterocycles.